The maximum absolute atomic E-state index is 13.0. The summed E-state index contributed by atoms with van der Waals surface area (Å²) in [6.45, 7) is 5.01. The fourth-order valence-corrected chi connectivity index (χ4v) is 4.52. The molecule has 1 fully saturated rings. The zero-order valence-corrected chi connectivity index (χ0v) is 17.1. The van der Waals surface area contributed by atoms with Gasteiger partial charge in [0.15, 0.2) is 0 Å². The van der Waals surface area contributed by atoms with Gasteiger partial charge in [-0.25, -0.2) is 9.97 Å². The second-order valence-corrected chi connectivity index (χ2v) is 8.12. The van der Waals surface area contributed by atoms with E-state index in [0.29, 0.717) is 26.5 Å². The van der Waals surface area contributed by atoms with Crippen molar-refractivity contribution in [3.05, 3.63) is 51.0 Å². The zero-order valence-electron chi connectivity index (χ0n) is 16.3. The molecule has 1 aliphatic rings. The van der Waals surface area contributed by atoms with Gasteiger partial charge < -0.3 is 10.2 Å². The molecule has 0 unspecified atom stereocenters. The van der Waals surface area contributed by atoms with Crippen LogP contribution in [0.5, 0.6) is 0 Å². The lowest BCUT2D eigenvalue weighted by atomic mass is 10.2. The normalized spacial score (nSPS) is 13.8. The molecule has 3 aromatic rings. The van der Waals surface area contributed by atoms with Gasteiger partial charge in [-0.2, -0.15) is 0 Å². The number of carbonyl (C=O) groups excluding carboxylic acids is 2. The predicted molar refractivity (Wildman–Crippen MR) is 111 cm³/mol. The number of pyridine rings is 1. The fourth-order valence-electron chi connectivity index (χ4n) is 3.49. The number of hydrogen-bond donors (Lipinski definition) is 1. The first-order valence-corrected chi connectivity index (χ1v) is 10.3. The largest absolute Gasteiger partial charge is 0.341 e. The van der Waals surface area contributed by atoms with E-state index in [4.69, 9.17) is 0 Å². The summed E-state index contributed by atoms with van der Waals surface area (Å²) >= 11 is 1.16. The van der Waals surface area contributed by atoms with Gasteiger partial charge in [-0.05, 0) is 44.4 Å². The molecule has 0 saturated carbocycles. The van der Waals surface area contributed by atoms with Crippen molar-refractivity contribution < 1.29 is 9.59 Å². The van der Waals surface area contributed by atoms with Crippen LogP contribution in [0.3, 0.4) is 0 Å². The van der Waals surface area contributed by atoms with Gasteiger partial charge in [0, 0.05) is 18.8 Å². The van der Waals surface area contributed by atoms with Crippen molar-refractivity contribution in [3.8, 4) is 0 Å². The van der Waals surface area contributed by atoms with Crippen LogP contribution in [0.25, 0.3) is 10.2 Å². The molecule has 0 aromatic carbocycles. The Bertz CT molecular complexity index is 1160. The van der Waals surface area contributed by atoms with E-state index in [1.165, 1.54) is 10.9 Å². The molecule has 150 valence electrons. The highest BCUT2D eigenvalue weighted by Crippen LogP contribution is 2.27. The second kappa shape index (κ2) is 7.75. The quantitative estimate of drug-likeness (QED) is 0.711. The highest BCUT2D eigenvalue weighted by molar-refractivity contribution is 7.20. The lowest BCUT2D eigenvalue weighted by Gasteiger charge is -2.15. The van der Waals surface area contributed by atoms with Crippen molar-refractivity contribution in [2.45, 2.75) is 33.2 Å². The van der Waals surface area contributed by atoms with Crippen LogP contribution in [0.2, 0.25) is 0 Å². The van der Waals surface area contributed by atoms with Crippen LogP contribution in [0, 0.1) is 13.8 Å². The van der Waals surface area contributed by atoms with Crippen molar-refractivity contribution in [1.82, 2.24) is 19.4 Å². The average molecular weight is 411 g/mol. The van der Waals surface area contributed by atoms with Crippen LogP contribution in [0.15, 0.2) is 29.3 Å². The lowest BCUT2D eigenvalue weighted by Crippen LogP contribution is -2.34. The van der Waals surface area contributed by atoms with E-state index in [9.17, 15) is 14.4 Å². The maximum atomic E-state index is 13.0. The molecule has 0 atom stereocenters. The number of aryl methyl sites for hydroxylation is 2. The van der Waals surface area contributed by atoms with E-state index in [1.807, 2.05) is 19.1 Å². The molecule has 29 heavy (non-hydrogen) atoms. The van der Waals surface area contributed by atoms with Gasteiger partial charge in [0.25, 0.3) is 11.5 Å². The van der Waals surface area contributed by atoms with Crippen molar-refractivity contribution in [2.75, 3.05) is 18.4 Å². The molecule has 4 rings (SSSR count). The summed E-state index contributed by atoms with van der Waals surface area (Å²) in [4.78, 5) is 49.3. The fraction of sp³-hybridized carbons (Fsp3) is 0.350. The van der Waals surface area contributed by atoms with Crippen molar-refractivity contribution in [2.24, 2.45) is 0 Å². The van der Waals surface area contributed by atoms with Gasteiger partial charge in [-0.15, -0.1) is 11.3 Å². The lowest BCUT2D eigenvalue weighted by molar-refractivity contribution is -0.130. The van der Waals surface area contributed by atoms with Crippen LogP contribution in [-0.2, 0) is 11.3 Å². The number of amides is 2. The minimum absolute atomic E-state index is 0.0359. The minimum Gasteiger partial charge on any atom is -0.341 e. The second-order valence-electron chi connectivity index (χ2n) is 7.12. The topological polar surface area (TPSA) is 97.2 Å². The smallest absolute Gasteiger partial charge is 0.267 e. The van der Waals surface area contributed by atoms with E-state index in [2.05, 4.69) is 15.3 Å². The monoisotopic (exact) mass is 411 g/mol. The molecule has 1 aliphatic heterocycles. The Morgan fingerprint density at radius 3 is 2.69 bits per heavy atom. The number of hydrogen-bond acceptors (Lipinski definition) is 6. The van der Waals surface area contributed by atoms with Crippen LogP contribution in [0.4, 0.5) is 5.82 Å². The molecule has 2 amide bonds. The van der Waals surface area contributed by atoms with Gasteiger partial charge in [-0.1, -0.05) is 6.07 Å². The summed E-state index contributed by atoms with van der Waals surface area (Å²) < 4.78 is 1.33. The molecule has 0 spiro atoms. The Morgan fingerprint density at radius 2 is 1.97 bits per heavy atom. The minimum atomic E-state index is -0.331. The number of nitrogens with one attached hydrogen (secondary N) is 1. The average Bonchev–Trinajstić information content (AvgIpc) is 3.33. The molecule has 8 nitrogen and oxygen atoms in total. The first-order chi connectivity index (χ1) is 13.9. The van der Waals surface area contributed by atoms with Crippen LogP contribution < -0.4 is 10.9 Å². The third kappa shape index (κ3) is 3.77. The SMILES string of the molecule is Cc1cccc(NC(=O)c2sc3ncn(CC(=O)N4CCCC4)c(=O)c3c2C)n1. The number of fused-ring (bicyclic) bond motifs is 1. The molecule has 0 bridgehead atoms. The molecular formula is C20H21N5O3S. The number of anilines is 1. The molecule has 3 aromatic heterocycles. The van der Waals surface area contributed by atoms with Gasteiger partial charge in [0.05, 0.1) is 16.6 Å². The first kappa shape index (κ1) is 19.3. The van der Waals surface area contributed by atoms with Gasteiger partial charge in [0.1, 0.15) is 17.2 Å². The van der Waals surface area contributed by atoms with Crippen molar-refractivity contribution >= 4 is 39.2 Å². The van der Waals surface area contributed by atoms with Crippen LogP contribution in [0.1, 0.15) is 33.8 Å². The molecule has 0 radical (unpaired) electrons. The molecule has 4 heterocycles. The Morgan fingerprint density at radius 1 is 1.21 bits per heavy atom. The number of likely N-dealkylation sites (tertiary alicyclic amines) is 1. The Labute approximate surface area is 171 Å². The zero-order chi connectivity index (χ0) is 20.5. The highest BCUT2D eigenvalue weighted by Gasteiger charge is 2.22. The summed E-state index contributed by atoms with van der Waals surface area (Å²) in [5.41, 5.74) is 1.06. The first-order valence-electron chi connectivity index (χ1n) is 9.45. The van der Waals surface area contributed by atoms with Crippen molar-refractivity contribution in [3.63, 3.8) is 0 Å². The maximum Gasteiger partial charge on any atom is 0.267 e. The van der Waals surface area contributed by atoms with E-state index >= 15 is 0 Å². The van der Waals surface area contributed by atoms with Crippen LogP contribution >= 0.6 is 11.3 Å². The molecule has 1 saturated heterocycles. The van der Waals surface area contributed by atoms with Crippen molar-refractivity contribution in [1.29, 1.82) is 0 Å². The van der Waals surface area contributed by atoms with E-state index in [1.54, 1.807) is 17.9 Å². The van der Waals surface area contributed by atoms with Gasteiger partial charge in [0.2, 0.25) is 5.91 Å². The van der Waals surface area contributed by atoms with Crippen LogP contribution in [-0.4, -0.2) is 44.3 Å². The number of nitrogens with zero attached hydrogens (tertiary/aromatic N) is 4. The van der Waals surface area contributed by atoms with Gasteiger partial charge >= 0.3 is 0 Å². The number of aromatic nitrogens is 3. The Hall–Kier alpha value is -3.07. The third-order valence-electron chi connectivity index (χ3n) is 5.02. The summed E-state index contributed by atoms with van der Waals surface area (Å²) in [5.74, 6) is 0.0400. The number of rotatable bonds is 4. The summed E-state index contributed by atoms with van der Waals surface area (Å²) in [6, 6.07) is 5.37. The number of thiophene rings is 1. The Balaban J connectivity index is 1.63. The van der Waals surface area contributed by atoms with E-state index < -0.39 is 0 Å². The van der Waals surface area contributed by atoms with Gasteiger partial charge in [-0.3, -0.25) is 19.0 Å². The third-order valence-corrected chi connectivity index (χ3v) is 6.22. The molecule has 0 aliphatic carbocycles. The summed E-state index contributed by atoms with van der Waals surface area (Å²) in [5, 5.41) is 3.15. The Kier molecular flexibility index (Phi) is 5.14. The molecule has 1 N–H and O–H groups in total. The number of carbonyl (C=O) groups is 2. The standard InChI is InChI=1S/C20H21N5O3S/c1-12-6-5-7-14(22-12)23-18(27)17-13(2)16-19(29-17)21-11-25(20(16)28)10-15(26)24-8-3-4-9-24/h5-7,11H,3-4,8-10H2,1-2H3,(H,22,23,27). The molecular weight excluding hydrogens is 390 g/mol. The highest BCUT2D eigenvalue weighted by atomic mass is 32.1. The van der Waals surface area contributed by atoms with E-state index in [-0.39, 0.29) is 23.9 Å². The molecule has 9 heteroatoms. The predicted octanol–water partition coefficient (Wildman–Crippen LogP) is 2.34. The summed E-state index contributed by atoms with van der Waals surface area (Å²) in [6.07, 6.45) is 3.38. The van der Waals surface area contributed by atoms with E-state index in [0.717, 1.165) is 43.0 Å². The summed E-state index contributed by atoms with van der Waals surface area (Å²) in [7, 11) is 0.